The number of hydrogen-bond donors (Lipinski definition) is 0. The average Bonchev–Trinajstić information content (AvgIpc) is 2.66. The molecule has 0 saturated heterocycles. The maximum Gasteiger partial charge on any atom is 0.0626 e. The first-order valence-electron chi connectivity index (χ1n) is 9.27. The van der Waals surface area contributed by atoms with Crippen LogP contribution >= 0.6 is 15.9 Å². The predicted octanol–water partition coefficient (Wildman–Crippen LogP) is 5.82. The first-order valence-corrected chi connectivity index (χ1v) is 7.56. The fourth-order valence-electron chi connectivity index (χ4n) is 2.39. The highest BCUT2D eigenvalue weighted by atomic mass is 79.9. The topological polar surface area (TPSA) is 0 Å². The minimum atomic E-state index is -0.364. The van der Waals surface area contributed by atoms with E-state index in [1.54, 1.807) is 0 Å². The van der Waals surface area contributed by atoms with Gasteiger partial charge in [0.15, 0.2) is 0 Å². The van der Waals surface area contributed by atoms with E-state index in [1.165, 1.54) is 0 Å². The standard InChI is InChI=1S/C20H17Br/c21-20-14-8-7-13-18(20)15-19(16-9-3-1-4-10-16)17-11-5-2-6-12-17/h1-14,19H,15H2/i1D,3D,4D,9D,10D. The van der Waals surface area contributed by atoms with Crippen molar-refractivity contribution in [3.05, 3.63) is 106 Å². The molecule has 21 heavy (non-hydrogen) atoms. The Hall–Kier alpha value is -1.86. The van der Waals surface area contributed by atoms with Gasteiger partial charge in [0.25, 0.3) is 0 Å². The van der Waals surface area contributed by atoms with Gasteiger partial charge in [-0.25, -0.2) is 0 Å². The van der Waals surface area contributed by atoms with E-state index >= 15 is 0 Å². The Labute approximate surface area is 141 Å². The van der Waals surface area contributed by atoms with Gasteiger partial charge in [-0.2, -0.15) is 0 Å². The quantitative estimate of drug-likeness (QED) is 0.560. The molecule has 0 nitrogen and oxygen atoms in total. The van der Waals surface area contributed by atoms with Gasteiger partial charge in [0.1, 0.15) is 0 Å². The van der Waals surface area contributed by atoms with Gasteiger partial charge in [-0.3, -0.25) is 0 Å². The second-order valence-corrected chi connectivity index (χ2v) is 5.65. The fraction of sp³-hybridized carbons (Fsp3) is 0.100. The molecular formula is C20H17Br. The molecule has 0 fully saturated rings. The molecule has 0 aliphatic heterocycles. The van der Waals surface area contributed by atoms with E-state index in [9.17, 15) is 0 Å². The van der Waals surface area contributed by atoms with Crippen LogP contribution in [0.4, 0.5) is 0 Å². The van der Waals surface area contributed by atoms with Gasteiger partial charge in [0.2, 0.25) is 0 Å². The monoisotopic (exact) mass is 341 g/mol. The summed E-state index contributed by atoms with van der Waals surface area (Å²) in [4.78, 5) is 0. The van der Waals surface area contributed by atoms with Crippen molar-refractivity contribution in [2.75, 3.05) is 0 Å². The summed E-state index contributed by atoms with van der Waals surface area (Å²) < 4.78 is 41.5. The molecule has 0 aliphatic rings. The first kappa shape index (κ1) is 9.22. The van der Waals surface area contributed by atoms with Crippen molar-refractivity contribution >= 4 is 15.9 Å². The number of halogens is 1. The summed E-state index contributed by atoms with van der Waals surface area (Å²) >= 11 is 3.55. The van der Waals surface area contributed by atoms with Gasteiger partial charge in [-0.15, -0.1) is 0 Å². The first-order chi connectivity index (χ1) is 12.4. The molecule has 0 heterocycles. The number of rotatable bonds is 4. The molecular weight excluding hydrogens is 320 g/mol. The SMILES string of the molecule is [2H]c1c([2H])c([2H])c(C(Cc2ccccc2Br)c2ccccc2)c([2H])c1[2H]. The summed E-state index contributed by atoms with van der Waals surface area (Å²) in [6.45, 7) is 0. The molecule has 0 amide bonds. The van der Waals surface area contributed by atoms with Crippen LogP contribution in [0.5, 0.6) is 0 Å². The molecule has 1 unspecified atom stereocenters. The zero-order valence-corrected chi connectivity index (χ0v) is 12.9. The Kier molecular flexibility index (Phi) is 2.95. The summed E-state index contributed by atoms with van der Waals surface area (Å²) in [5, 5.41) is 0. The van der Waals surface area contributed by atoms with Crippen LogP contribution in [0.25, 0.3) is 0 Å². The smallest absolute Gasteiger partial charge is 0.0622 e. The number of benzene rings is 3. The molecule has 3 aromatic carbocycles. The Bertz CT molecular complexity index is 911. The minimum absolute atomic E-state index is 0.142. The van der Waals surface area contributed by atoms with Gasteiger partial charge in [0.05, 0.1) is 6.85 Å². The molecule has 104 valence electrons. The maximum absolute atomic E-state index is 8.35. The number of hydrogen-bond acceptors (Lipinski definition) is 0. The largest absolute Gasteiger partial charge is 0.0626 e. The van der Waals surface area contributed by atoms with Crippen LogP contribution in [0.3, 0.4) is 0 Å². The van der Waals surface area contributed by atoms with E-state index < -0.39 is 0 Å². The molecule has 1 atom stereocenters. The normalized spacial score (nSPS) is 15.4. The third kappa shape index (κ3) is 3.43. The van der Waals surface area contributed by atoms with E-state index in [-0.39, 0.29) is 36.1 Å². The van der Waals surface area contributed by atoms with E-state index in [2.05, 4.69) is 15.9 Å². The minimum Gasteiger partial charge on any atom is -0.0622 e. The van der Waals surface area contributed by atoms with Crippen LogP contribution in [-0.4, -0.2) is 0 Å². The summed E-state index contributed by atoms with van der Waals surface area (Å²) in [5.74, 6) is -0.344. The van der Waals surface area contributed by atoms with Crippen molar-refractivity contribution in [2.24, 2.45) is 0 Å². The summed E-state index contributed by atoms with van der Waals surface area (Å²) in [7, 11) is 0. The van der Waals surface area contributed by atoms with Crippen LogP contribution in [0.15, 0.2) is 89.3 Å². The van der Waals surface area contributed by atoms with E-state index in [0.717, 1.165) is 15.6 Å². The summed E-state index contributed by atoms with van der Waals surface area (Å²) in [5.41, 5.74) is 2.27. The molecule has 3 aromatic rings. The van der Waals surface area contributed by atoms with E-state index in [1.807, 2.05) is 54.6 Å². The Balaban J connectivity index is 2.22. The molecule has 0 saturated carbocycles. The Morgan fingerprint density at radius 3 is 2.19 bits per heavy atom. The molecule has 3 rings (SSSR count). The van der Waals surface area contributed by atoms with Crippen LogP contribution < -0.4 is 0 Å². The molecule has 1 heteroatoms. The van der Waals surface area contributed by atoms with Crippen molar-refractivity contribution in [3.8, 4) is 0 Å². The Morgan fingerprint density at radius 2 is 1.48 bits per heavy atom. The average molecular weight is 342 g/mol. The molecule has 0 radical (unpaired) electrons. The van der Waals surface area contributed by atoms with Crippen LogP contribution in [0, 0.1) is 0 Å². The second-order valence-electron chi connectivity index (χ2n) is 4.80. The van der Waals surface area contributed by atoms with Crippen LogP contribution in [-0.2, 0) is 6.42 Å². The Morgan fingerprint density at radius 1 is 0.810 bits per heavy atom. The lowest BCUT2D eigenvalue weighted by atomic mass is 9.86. The van der Waals surface area contributed by atoms with Gasteiger partial charge < -0.3 is 0 Å². The zero-order chi connectivity index (χ0) is 18.8. The zero-order valence-electron chi connectivity index (χ0n) is 16.4. The fourth-order valence-corrected chi connectivity index (χ4v) is 2.84. The highest BCUT2D eigenvalue weighted by Crippen LogP contribution is 2.30. The molecule has 0 N–H and O–H groups in total. The molecule has 0 aromatic heterocycles. The molecule has 0 spiro atoms. The van der Waals surface area contributed by atoms with Crippen molar-refractivity contribution in [2.45, 2.75) is 12.3 Å². The predicted molar refractivity (Wildman–Crippen MR) is 92.6 cm³/mol. The highest BCUT2D eigenvalue weighted by Gasteiger charge is 2.15. The third-order valence-corrected chi connectivity index (χ3v) is 4.23. The van der Waals surface area contributed by atoms with Crippen molar-refractivity contribution in [1.82, 2.24) is 0 Å². The van der Waals surface area contributed by atoms with Crippen molar-refractivity contribution < 1.29 is 6.85 Å². The summed E-state index contributed by atoms with van der Waals surface area (Å²) in [6, 6.07) is 16.1. The lowest BCUT2D eigenvalue weighted by Gasteiger charge is -2.19. The lowest BCUT2D eigenvalue weighted by Crippen LogP contribution is -2.05. The lowest BCUT2D eigenvalue weighted by molar-refractivity contribution is 0.802. The maximum atomic E-state index is 8.35. The summed E-state index contributed by atoms with van der Waals surface area (Å²) in [6.07, 6.45) is 0.527. The highest BCUT2D eigenvalue weighted by molar-refractivity contribution is 9.10. The van der Waals surface area contributed by atoms with Crippen LogP contribution in [0.1, 0.15) is 29.5 Å². The van der Waals surface area contributed by atoms with Crippen molar-refractivity contribution in [3.63, 3.8) is 0 Å². The van der Waals surface area contributed by atoms with E-state index in [0.29, 0.717) is 12.0 Å². The van der Waals surface area contributed by atoms with E-state index in [4.69, 9.17) is 6.85 Å². The molecule has 0 aliphatic carbocycles. The molecule has 0 bridgehead atoms. The van der Waals surface area contributed by atoms with Gasteiger partial charge in [0, 0.05) is 10.4 Å². The third-order valence-electron chi connectivity index (χ3n) is 3.45. The van der Waals surface area contributed by atoms with Gasteiger partial charge in [-0.05, 0) is 29.2 Å². The second kappa shape index (κ2) is 6.73. The van der Waals surface area contributed by atoms with Crippen LogP contribution in [0.2, 0.25) is 0 Å². The van der Waals surface area contributed by atoms with Crippen molar-refractivity contribution in [1.29, 1.82) is 0 Å². The van der Waals surface area contributed by atoms with Gasteiger partial charge in [-0.1, -0.05) is 94.7 Å². The van der Waals surface area contributed by atoms with Gasteiger partial charge >= 0.3 is 0 Å².